The van der Waals surface area contributed by atoms with Crippen LogP contribution in [0.1, 0.15) is 25.3 Å². The zero-order chi connectivity index (χ0) is 23.9. The van der Waals surface area contributed by atoms with Crippen molar-refractivity contribution in [1.29, 1.82) is 0 Å². The molecule has 0 aliphatic rings. The molecule has 0 aromatic heterocycles. The fourth-order valence-electron chi connectivity index (χ4n) is 2.28. The monoisotopic (exact) mass is 468 g/mol. The fourth-order valence-corrected chi connectivity index (χ4v) is 3.15. The van der Waals surface area contributed by atoms with E-state index in [0.29, 0.717) is 18.2 Å². The third kappa shape index (κ3) is 11.3. The number of ether oxygens (including phenoxy) is 1. The van der Waals surface area contributed by atoms with Gasteiger partial charge in [-0.2, -0.15) is 0 Å². The van der Waals surface area contributed by atoms with E-state index in [1.54, 1.807) is 24.3 Å². The van der Waals surface area contributed by atoms with Crippen LogP contribution in [0.2, 0.25) is 0 Å². The molecule has 6 N–H and O–H groups in total. The molecule has 2 atom stereocenters. The van der Waals surface area contributed by atoms with Gasteiger partial charge in [-0.15, -0.1) is 0 Å². The van der Waals surface area contributed by atoms with E-state index < -0.39 is 35.2 Å². The number of amides is 3. The first-order valence-electron chi connectivity index (χ1n) is 9.85. The summed E-state index contributed by atoms with van der Waals surface area (Å²) in [7, 11) is 0. The minimum Gasteiger partial charge on any atom is -0.480 e. The van der Waals surface area contributed by atoms with E-state index in [0.717, 1.165) is 5.56 Å². The van der Waals surface area contributed by atoms with Gasteiger partial charge in [-0.1, -0.05) is 42.1 Å². The lowest BCUT2D eigenvalue weighted by Crippen LogP contribution is -2.44. The molecule has 3 amide bonds. The fraction of sp³-hybridized carbons (Fsp3) is 0.450. The summed E-state index contributed by atoms with van der Waals surface area (Å²) < 4.78 is 5.04. The Morgan fingerprint density at radius 2 is 1.78 bits per heavy atom. The van der Waals surface area contributed by atoms with Crippen molar-refractivity contribution in [2.75, 3.05) is 18.8 Å². The van der Waals surface area contributed by atoms with Crippen LogP contribution in [0.4, 0.5) is 4.79 Å². The second kappa shape index (κ2) is 14.8. The minimum absolute atomic E-state index is 0.00153. The Morgan fingerprint density at radius 1 is 1.09 bits per heavy atom. The van der Waals surface area contributed by atoms with E-state index in [1.165, 1.54) is 6.92 Å². The first-order valence-corrected chi connectivity index (χ1v) is 10.8. The van der Waals surface area contributed by atoms with Crippen LogP contribution in [0, 0.1) is 0 Å². The number of benzene rings is 1. The maximum Gasteiger partial charge on any atom is 0.408 e. The molecule has 0 spiro atoms. The Morgan fingerprint density at radius 3 is 2.41 bits per heavy atom. The molecule has 0 saturated heterocycles. The van der Waals surface area contributed by atoms with Gasteiger partial charge in [0.05, 0.1) is 12.6 Å². The van der Waals surface area contributed by atoms with Gasteiger partial charge in [0.2, 0.25) is 16.9 Å². The van der Waals surface area contributed by atoms with Gasteiger partial charge in [-0.3, -0.25) is 14.4 Å². The van der Waals surface area contributed by atoms with Crippen LogP contribution in [-0.4, -0.2) is 65.0 Å². The minimum atomic E-state index is -1.29. The molecule has 0 saturated carbocycles. The molecule has 1 aromatic carbocycles. The van der Waals surface area contributed by atoms with E-state index in [2.05, 4.69) is 16.0 Å². The largest absolute Gasteiger partial charge is 0.480 e. The lowest BCUT2D eigenvalue weighted by molar-refractivity contribution is -0.141. The molecule has 0 aliphatic carbocycles. The van der Waals surface area contributed by atoms with E-state index in [9.17, 15) is 29.1 Å². The smallest absolute Gasteiger partial charge is 0.408 e. The maximum atomic E-state index is 12.2. The predicted octanol–water partition coefficient (Wildman–Crippen LogP) is -0.0144. The van der Waals surface area contributed by atoms with Crippen LogP contribution in [0.5, 0.6) is 0 Å². The number of hydrogen-bond donors (Lipinski definition) is 5. The summed E-state index contributed by atoms with van der Waals surface area (Å²) in [5.74, 6) is -2.38. The number of carboxylic acid groups (broad SMARTS) is 1. The van der Waals surface area contributed by atoms with Crippen LogP contribution >= 0.6 is 11.8 Å². The number of thioether (sulfide) groups is 1. The van der Waals surface area contributed by atoms with Gasteiger partial charge in [-0.25, -0.2) is 9.59 Å². The van der Waals surface area contributed by atoms with Crippen molar-refractivity contribution in [3.05, 3.63) is 35.9 Å². The quantitative estimate of drug-likeness (QED) is 0.249. The third-order valence-electron chi connectivity index (χ3n) is 4.01. The Bertz CT molecular complexity index is 791. The van der Waals surface area contributed by atoms with Gasteiger partial charge in [0.15, 0.2) is 0 Å². The van der Waals surface area contributed by atoms with Gasteiger partial charge >= 0.3 is 12.1 Å². The third-order valence-corrected chi connectivity index (χ3v) is 5.15. The molecule has 0 fully saturated rings. The summed E-state index contributed by atoms with van der Waals surface area (Å²) in [5.41, 5.74) is 5.93. The summed E-state index contributed by atoms with van der Waals surface area (Å²) in [6.45, 7) is 1.57. The highest BCUT2D eigenvalue weighted by molar-refractivity contribution is 8.13. The van der Waals surface area contributed by atoms with E-state index in [4.69, 9.17) is 10.5 Å². The first kappa shape index (κ1) is 26.9. The van der Waals surface area contributed by atoms with Crippen LogP contribution in [0.3, 0.4) is 0 Å². The lowest BCUT2D eigenvalue weighted by Gasteiger charge is -2.16. The number of nitrogens with one attached hydrogen (secondary N) is 3. The predicted molar refractivity (Wildman–Crippen MR) is 118 cm³/mol. The SMILES string of the molecule is C[C@H](NC(=O)OCc1ccccc1)C(=O)SC[C@H](NC(=O)CCCNC(=O)CN)C(=O)O. The topological polar surface area (TPSA) is 177 Å². The summed E-state index contributed by atoms with van der Waals surface area (Å²) in [6.07, 6.45) is -0.472. The number of hydrogen-bond acceptors (Lipinski definition) is 8. The van der Waals surface area contributed by atoms with Gasteiger partial charge in [0, 0.05) is 18.7 Å². The Hall–Kier alpha value is -3.12. The highest BCUT2D eigenvalue weighted by Crippen LogP contribution is 2.09. The van der Waals surface area contributed by atoms with Crippen LogP contribution < -0.4 is 21.7 Å². The van der Waals surface area contributed by atoms with Crippen LogP contribution in [0.25, 0.3) is 0 Å². The van der Waals surface area contributed by atoms with Gasteiger partial charge in [0.25, 0.3) is 0 Å². The van der Waals surface area contributed by atoms with Crippen molar-refractivity contribution in [2.24, 2.45) is 5.73 Å². The molecule has 11 nitrogen and oxygen atoms in total. The molecule has 32 heavy (non-hydrogen) atoms. The molecule has 1 aromatic rings. The van der Waals surface area contributed by atoms with E-state index in [-0.39, 0.29) is 37.8 Å². The summed E-state index contributed by atoms with van der Waals surface area (Å²) in [6, 6.07) is 6.81. The normalized spacial score (nSPS) is 12.2. The lowest BCUT2D eigenvalue weighted by atomic mass is 10.2. The molecule has 0 heterocycles. The van der Waals surface area contributed by atoms with Gasteiger partial charge in [-0.05, 0) is 18.9 Å². The molecule has 0 unspecified atom stereocenters. The first-order chi connectivity index (χ1) is 15.2. The number of carbonyl (C=O) groups is 5. The molecule has 0 aliphatic heterocycles. The van der Waals surface area contributed by atoms with Crippen molar-refractivity contribution >= 4 is 40.8 Å². The van der Waals surface area contributed by atoms with Crippen molar-refractivity contribution in [1.82, 2.24) is 16.0 Å². The van der Waals surface area contributed by atoms with Crippen molar-refractivity contribution in [3.8, 4) is 0 Å². The van der Waals surface area contributed by atoms with Crippen molar-refractivity contribution < 1.29 is 33.8 Å². The van der Waals surface area contributed by atoms with Crippen molar-refractivity contribution in [3.63, 3.8) is 0 Å². The second-order valence-electron chi connectivity index (χ2n) is 6.67. The Kier molecular flexibility index (Phi) is 12.5. The number of rotatable bonds is 13. The molecular formula is C20H28N4O7S. The molecular weight excluding hydrogens is 440 g/mol. The zero-order valence-corrected chi connectivity index (χ0v) is 18.5. The number of carboxylic acids is 1. The van der Waals surface area contributed by atoms with E-state index in [1.807, 2.05) is 6.07 Å². The Balaban J connectivity index is 2.35. The molecule has 0 radical (unpaired) electrons. The van der Waals surface area contributed by atoms with E-state index >= 15 is 0 Å². The molecule has 12 heteroatoms. The number of alkyl carbamates (subject to hydrolysis) is 1. The van der Waals surface area contributed by atoms with Gasteiger partial charge in [0.1, 0.15) is 12.6 Å². The summed E-state index contributed by atoms with van der Waals surface area (Å²) in [4.78, 5) is 58.3. The van der Waals surface area contributed by atoms with Gasteiger partial charge < -0.3 is 31.5 Å². The second-order valence-corrected chi connectivity index (χ2v) is 7.70. The molecule has 176 valence electrons. The number of carbonyl (C=O) groups excluding carboxylic acids is 4. The summed E-state index contributed by atoms with van der Waals surface area (Å²) >= 11 is 0.679. The standard InChI is InChI=1S/C20H28N4O7S/c1-13(23-20(30)31-11-14-6-3-2-4-7-14)19(29)32-12-15(18(27)28)24-16(25)8-5-9-22-17(26)10-21/h2-4,6-7,13,15H,5,8-12,21H2,1H3,(H,22,26)(H,23,30)(H,24,25)(H,27,28)/t13-,15-/m0/s1. The highest BCUT2D eigenvalue weighted by atomic mass is 32.2. The molecule has 1 rings (SSSR count). The maximum absolute atomic E-state index is 12.2. The summed E-state index contributed by atoms with van der Waals surface area (Å²) in [5, 5.41) is 16.0. The number of nitrogens with two attached hydrogens (primary N) is 1. The zero-order valence-electron chi connectivity index (χ0n) is 17.7. The average Bonchev–Trinajstić information content (AvgIpc) is 2.78. The average molecular weight is 469 g/mol. The molecule has 0 bridgehead atoms. The van der Waals surface area contributed by atoms with Crippen LogP contribution in [-0.2, 0) is 30.5 Å². The Labute approximate surface area is 189 Å². The number of aliphatic carboxylic acids is 1. The van der Waals surface area contributed by atoms with Crippen molar-refractivity contribution in [2.45, 2.75) is 38.5 Å². The van der Waals surface area contributed by atoms with Crippen LogP contribution in [0.15, 0.2) is 30.3 Å². The highest BCUT2D eigenvalue weighted by Gasteiger charge is 2.24.